The molecule has 0 fully saturated rings. The molecule has 3 aromatic rings. The number of benzene rings is 2. The Hall–Kier alpha value is -2.04. The lowest BCUT2D eigenvalue weighted by Gasteiger charge is -2.22. The van der Waals surface area contributed by atoms with Crippen LogP contribution < -0.4 is 5.32 Å². The standard InChI is InChI=1S/C20H23ClN2O2/c1-11(2)19(10-24)23-20(25)12(3)13-4-6-15-16-9-14(21)5-7-17(16)22-18(15)8-13/h4-9,11-12,19,22,24H,10H2,1-3H3,(H,23,25)/t12-,19-/m1/s1. The number of aliphatic hydroxyl groups excluding tert-OH is 1. The van der Waals surface area contributed by atoms with Crippen molar-refractivity contribution in [2.45, 2.75) is 32.7 Å². The summed E-state index contributed by atoms with van der Waals surface area (Å²) >= 11 is 6.10. The molecule has 25 heavy (non-hydrogen) atoms. The smallest absolute Gasteiger partial charge is 0.227 e. The van der Waals surface area contributed by atoms with Crippen molar-refractivity contribution >= 4 is 39.3 Å². The molecule has 0 radical (unpaired) electrons. The van der Waals surface area contributed by atoms with E-state index in [4.69, 9.17) is 11.6 Å². The molecule has 5 heteroatoms. The van der Waals surface area contributed by atoms with E-state index in [0.29, 0.717) is 5.02 Å². The van der Waals surface area contributed by atoms with E-state index in [9.17, 15) is 9.90 Å². The largest absolute Gasteiger partial charge is 0.394 e. The maximum Gasteiger partial charge on any atom is 0.227 e. The third kappa shape index (κ3) is 3.51. The molecule has 0 aliphatic carbocycles. The Morgan fingerprint density at radius 3 is 2.56 bits per heavy atom. The highest BCUT2D eigenvalue weighted by Crippen LogP contribution is 2.30. The van der Waals surface area contributed by atoms with Crippen molar-refractivity contribution in [3.63, 3.8) is 0 Å². The van der Waals surface area contributed by atoms with Gasteiger partial charge in [0, 0.05) is 26.8 Å². The van der Waals surface area contributed by atoms with Crippen LogP contribution in [0.3, 0.4) is 0 Å². The second-order valence-electron chi connectivity index (χ2n) is 6.88. The van der Waals surface area contributed by atoms with Gasteiger partial charge in [0.1, 0.15) is 0 Å². The predicted octanol–water partition coefficient (Wildman–Crippen LogP) is 4.21. The van der Waals surface area contributed by atoms with Gasteiger partial charge in [0.05, 0.1) is 18.6 Å². The number of aromatic nitrogens is 1. The van der Waals surface area contributed by atoms with Gasteiger partial charge >= 0.3 is 0 Å². The van der Waals surface area contributed by atoms with Crippen molar-refractivity contribution in [3.8, 4) is 0 Å². The summed E-state index contributed by atoms with van der Waals surface area (Å²) < 4.78 is 0. The van der Waals surface area contributed by atoms with Gasteiger partial charge in [0.2, 0.25) is 5.91 Å². The highest BCUT2D eigenvalue weighted by Gasteiger charge is 2.21. The highest BCUT2D eigenvalue weighted by molar-refractivity contribution is 6.31. The van der Waals surface area contributed by atoms with E-state index in [1.165, 1.54) is 0 Å². The van der Waals surface area contributed by atoms with E-state index in [0.717, 1.165) is 27.4 Å². The minimum absolute atomic E-state index is 0.0576. The molecule has 1 amide bonds. The summed E-state index contributed by atoms with van der Waals surface area (Å²) in [5.41, 5.74) is 2.94. The monoisotopic (exact) mass is 358 g/mol. The first kappa shape index (κ1) is 17.8. The second-order valence-corrected chi connectivity index (χ2v) is 7.32. The molecular weight excluding hydrogens is 336 g/mol. The zero-order valence-electron chi connectivity index (χ0n) is 14.6. The first-order valence-corrected chi connectivity index (χ1v) is 8.90. The van der Waals surface area contributed by atoms with E-state index in [1.807, 2.05) is 57.2 Å². The van der Waals surface area contributed by atoms with E-state index in [1.54, 1.807) is 0 Å². The Morgan fingerprint density at radius 2 is 1.88 bits per heavy atom. The summed E-state index contributed by atoms with van der Waals surface area (Å²) in [5, 5.41) is 15.2. The molecular formula is C20H23ClN2O2. The van der Waals surface area contributed by atoms with Crippen LogP contribution in [-0.2, 0) is 4.79 Å². The summed E-state index contributed by atoms with van der Waals surface area (Å²) in [6.07, 6.45) is 0. The maximum absolute atomic E-state index is 12.5. The van der Waals surface area contributed by atoms with Crippen molar-refractivity contribution in [2.24, 2.45) is 5.92 Å². The van der Waals surface area contributed by atoms with Gasteiger partial charge in [-0.1, -0.05) is 37.6 Å². The van der Waals surface area contributed by atoms with Crippen LogP contribution in [0.1, 0.15) is 32.3 Å². The minimum Gasteiger partial charge on any atom is -0.394 e. The molecule has 4 nitrogen and oxygen atoms in total. The topological polar surface area (TPSA) is 65.1 Å². The van der Waals surface area contributed by atoms with Crippen LogP contribution in [0.2, 0.25) is 5.02 Å². The van der Waals surface area contributed by atoms with Crippen LogP contribution in [0.5, 0.6) is 0 Å². The summed E-state index contributed by atoms with van der Waals surface area (Å²) in [4.78, 5) is 15.9. The molecule has 3 rings (SSSR count). The molecule has 2 aromatic carbocycles. The first-order valence-electron chi connectivity index (χ1n) is 8.53. The van der Waals surface area contributed by atoms with Crippen molar-refractivity contribution in [3.05, 3.63) is 47.0 Å². The number of amides is 1. The van der Waals surface area contributed by atoms with E-state index in [-0.39, 0.29) is 30.4 Å². The van der Waals surface area contributed by atoms with Crippen molar-refractivity contribution < 1.29 is 9.90 Å². The molecule has 0 aliphatic rings. The number of carbonyl (C=O) groups is 1. The molecule has 0 spiro atoms. The quantitative estimate of drug-likeness (QED) is 0.639. The SMILES string of the molecule is CC(C)[C@@H](CO)NC(=O)[C@H](C)c1ccc2c(c1)[nH]c1ccc(Cl)cc12. The van der Waals surface area contributed by atoms with Crippen LogP contribution in [0.4, 0.5) is 0 Å². The third-order valence-corrected chi connectivity index (χ3v) is 5.04. The number of halogens is 1. The Kier molecular flexibility index (Phi) is 5.02. The summed E-state index contributed by atoms with van der Waals surface area (Å²) in [6, 6.07) is 11.5. The number of fused-ring (bicyclic) bond motifs is 3. The van der Waals surface area contributed by atoms with Gasteiger partial charge in [-0.25, -0.2) is 0 Å². The zero-order chi connectivity index (χ0) is 18.1. The van der Waals surface area contributed by atoms with Crippen molar-refractivity contribution in [1.29, 1.82) is 0 Å². The van der Waals surface area contributed by atoms with Gasteiger partial charge in [-0.05, 0) is 42.7 Å². The van der Waals surface area contributed by atoms with Gasteiger partial charge in [-0.2, -0.15) is 0 Å². The molecule has 1 heterocycles. The minimum atomic E-state index is -0.299. The van der Waals surface area contributed by atoms with Crippen molar-refractivity contribution in [1.82, 2.24) is 10.3 Å². The van der Waals surface area contributed by atoms with Gasteiger partial charge in [-0.3, -0.25) is 4.79 Å². The lowest BCUT2D eigenvalue weighted by molar-refractivity contribution is -0.123. The highest BCUT2D eigenvalue weighted by atomic mass is 35.5. The van der Waals surface area contributed by atoms with Gasteiger partial charge in [-0.15, -0.1) is 0 Å². The van der Waals surface area contributed by atoms with Gasteiger partial charge in [0.25, 0.3) is 0 Å². The number of hydrogen-bond donors (Lipinski definition) is 3. The zero-order valence-corrected chi connectivity index (χ0v) is 15.4. The average Bonchev–Trinajstić information content (AvgIpc) is 2.95. The molecule has 0 aliphatic heterocycles. The van der Waals surface area contributed by atoms with Crippen LogP contribution in [0.15, 0.2) is 36.4 Å². The van der Waals surface area contributed by atoms with Gasteiger partial charge in [0.15, 0.2) is 0 Å². The molecule has 3 N–H and O–H groups in total. The van der Waals surface area contributed by atoms with Crippen LogP contribution in [0.25, 0.3) is 21.8 Å². The molecule has 0 saturated carbocycles. The summed E-state index contributed by atoms with van der Waals surface area (Å²) in [7, 11) is 0. The second kappa shape index (κ2) is 7.06. The Bertz CT molecular complexity index is 917. The Labute approximate surface area is 152 Å². The number of aliphatic hydroxyl groups is 1. The number of rotatable bonds is 5. The van der Waals surface area contributed by atoms with Gasteiger partial charge < -0.3 is 15.4 Å². The number of hydrogen-bond acceptors (Lipinski definition) is 2. The maximum atomic E-state index is 12.5. The molecule has 132 valence electrons. The fraction of sp³-hybridized carbons (Fsp3) is 0.350. The molecule has 1 aromatic heterocycles. The number of carbonyl (C=O) groups excluding carboxylic acids is 1. The molecule has 2 atom stereocenters. The molecule has 0 bridgehead atoms. The van der Waals surface area contributed by atoms with E-state index < -0.39 is 0 Å². The normalized spacial score (nSPS) is 14.2. The molecule has 0 saturated heterocycles. The fourth-order valence-corrected chi connectivity index (χ4v) is 3.22. The lowest BCUT2D eigenvalue weighted by Crippen LogP contribution is -2.42. The summed E-state index contributed by atoms with van der Waals surface area (Å²) in [6.45, 7) is 5.78. The number of nitrogens with one attached hydrogen (secondary N) is 2. The first-order chi connectivity index (χ1) is 11.9. The summed E-state index contributed by atoms with van der Waals surface area (Å²) in [5.74, 6) is -0.194. The van der Waals surface area contributed by atoms with Crippen LogP contribution in [-0.4, -0.2) is 28.6 Å². The molecule has 0 unspecified atom stereocenters. The van der Waals surface area contributed by atoms with E-state index in [2.05, 4.69) is 10.3 Å². The predicted molar refractivity (Wildman–Crippen MR) is 103 cm³/mol. The Balaban J connectivity index is 1.90. The van der Waals surface area contributed by atoms with Crippen LogP contribution in [0, 0.1) is 5.92 Å². The average molecular weight is 359 g/mol. The van der Waals surface area contributed by atoms with E-state index >= 15 is 0 Å². The van der Waals surface area contributed by atoms with Crippen LogP contribution >= 0.6 is 11.6 Å². The number of H-pyrrole nitrogens is 1. The van der Waals surface area contributed by atoms with Crippen molar-refractivity contribution in [2.75, 3.05) is 6.61 Å². The third-order valence-electron chi connectivity index (χ3n) is 4.81. The fourth-order valence-electron chi connectivity index (χ4n) is 3.05. The number of aromatic amines is 1. The lowest BCUT2D eigenvalue weighted by atomic mass is 9.97. The Morgan fingerprint density at radius 1 is 1.12 bits per heavy atom.